The molecule has 12 heteroatoms. The molecule has 3 aromatic rings. The molecule has 1 saturated heterocycles. The first-order chi connectivity index (χ1) is 18.3. The quantitative estimate of drug-likeness (QED) is 0.275. The third-order valence-corrected chi connectivity index (χ3v) is 7.89. The minimum Gasteiger partial charge on any atom is -0.495 e. The minimum atomic E-state index is -4.48. The van der Waals surface area contributed by atoms with E-state index in [1.54, 1.807) is 29.2 Å². The molecule has 1 aliphatic rings. The zero-order valence-electron chi connectivity index (χ0n) is 21.8. The number of sulfone groups is 1. The molecule has 1 aromatic heterocycles. The highest BCUT2D eigenvalue weighted by Crippen LogP contribution is 2.35. The van der Waals surface area contributed by atoms with Gasteiger partial charge < -0.3 is 24.8 Å². The number of rotatable bonds is 6. The lowest BCUT2D eigenvalue weighted by molar-refractivity contribution is -0.140. The van der Waals surface area contributed by atoms with Gasteiger partial charge in [-0.15, -0.1) is 0 Å². The summed E-state index contributed by atoms with van der Waals surface area (Å²) >= 11 is 0. The fourth-order valence-electron chi connectivity index (χ4n) is 4.88. The number of likely N-dealkylation sites (tertiary alicyclic amines) is 1. The number of ether oxygens (including phenoxy) is 1. The van der Waals surface area contributed by atoms with Crippen LogP contribution in [0, 0.1) is 11.8 Å². The number of alkyl halides is 4. The molecular formula is C27H30F4N4O3S. The molecule has 0 spiro atoms. The SMILES string of the molecule is COc1cc(S(C)(=O)=O)ccc1N(CC#Cc1cc2c(N)cccc2n1CC(F)(F)F)[C@@H]1CCN(C)C[C@@H]1F. The molecule has 4 rings (SSSR count). The number of methoxy groups -OCH3 is 1. The van der Waals surface area contributed by atoms with Crippen molar-refractivity contribution in [3.8, 4) is 17.6 Å². The number of aromatic nitrogens is 1. The molecule has 210 valence electrons. The second-order valence-electron chi connectivity index (χ2n) is 9.68. The van der Waals surface area contributed by atoms with Crippen molar-refractivity contribution >= 4 is 32.1 Å². The summed E-state index contributed by atoms with van der Waals surface area (Å²) in [7, 11) is -0.318. The predicted octanol–water partition coefficient (Wildman–Crippen LogP) is 4.10. The molecule has 2 N–H and O–H groups in total. The van der Waals surface area contributed by atoms with E-state index in [0.717, 1.165) is 10.8 Å². The standard InChI is InChI=1S/C27H30F4N4O3S/c1-33-13-11-24(21(28)16-33)34(25-10-9-19(39(3,36)37)15-26(25)38-2)12-5-6-18-14-20-22(32)7-4-8-23(20)35(18)17-27(29,30)31/h4,7-10,14-15,21,24H,11-13,16-17,32H2,1-3H3/t21-,24+/m0/s1. The van der Waals surface area contributed by atoms with E-state index in [-0.39, 0.29) is 29.4 Å². The Hall–Kier alpha value is -3.43. The van der Waals surface area contributed by atoms with Gasteiger partial charge in [0.2, 0.25) is 0 Å². The molecule has 0 saturated carbocycles. The number of piperidine rings is 1. The molecule has 0 bridgehead atoms. The first kappa shape index (κ1) is 28.6. The second-order valence-corrected chi connectivity index (χ2v) is 11.7. The Labute approximate surface area is 225 Å². The van der Waals surface area contributed by atoms with E-state index in [1.807, 2.05) is 11.9 Å². The largest absolute Gasteiger partial charge is 0.495 e. The summed E-state index contributed by atoms with van der Waals surface area (Å²) in [5.41, 5.74) is 7.21. The maximum Gasteiger partial charge on any atom is 0.406 e. The molecule has 2 aromatic carbocycles. The molecule has 7 nitrogen and oxygen atoms in total. The summed E-state index contributed by atoms with van der Waals surface area (Å²) in [5.74, 6) is 5.99. The Morgan fingerprint density at radius 3 is 2.59 bits per heavy atom. The van der Waals surface area contributed by atoms with Crippen LogP contribution in [0.2, 0.25) is 0 Å². The summed E-state index contributed by atoms with van der Waals surface area (Å²) in [6.07, 6.45) is -4.20. The van der Waals surface area contributed by atoms with E-state index in [4.69, 9.17) is 10.5 Å². The monoisotopic (exact) mass is 566 g/mol. The first-order valence-corrected chi connectivity index (χ1v) is 14.1. The molecular weight excluding hydrogens is 536 g/mol. The van der Waals surface area contributed by atoms with Crippen molar-refractivity contribution in [2.75, 3.05) is 50.7 Å². The van der Waals surface area contributed by atoms with Crippen molar-refractivity contribution in [2.45, 2.75) is 36.3 Å². The van der Waals surface area contributed by atoms with Crippen molar-refractivity contribution < 1.29 is 30.7 Å². The number of fused-ring (bicyclic) bond motifs is 1. The van der Waals surface area contributed by atoms with Crippen LogP contribution in [0.25, 0.3) is 10.9 Å². The second kappa shape index (κ2) is 11.0. The van der Waals surface area contributed by atoms with Gasteiger partial charge in [-0.05, 0) is 49.7 Å². The lowest BCUT2D eigenvalue weighted by Crippen LogP contribution is -2.52. The van der Waals surface area contributed by atoms with Gasteiger partial charge in [-0.2, -0.15) is 13.2 Å². The molecule has 0 aliphatic carbocycles. The zero-order valence-corrected chi connectivity index (χ0v) is 22.6. The van der Waals surface area contributed by atoms with Gasteiger partial charge in [0.25, 0.3) is 0 Å². The van der Waals surface area contributed by atoms with Gasteiger partial charge in [0, 0.05) is 36.5 Å². The van der Waals surface area contributed by atoms with Crippen LogP contribution in [0.3, 0.4) is 0 Å². The maximum absolute atomic E-state index is 15.3. The lowest BCUT2D eigenvalue weighted by atomic mass is 10.0. The van der Waals surface area contributed by atoms with Crippen LogP contribution < -0.4 is 15.4 Å². The predicted molar refractivity (Wildman–Crippen MR) is 144 cm³/mol. The fraction of sp³-hybridized carbons (Fsp3) is 0.407. The minimum absolute atomic E-state index is 0.0353. The van der Waals surface area contributed by atoms with Gasteiger partial charge >= 0.3 is 6.18 Å². The van der Waals surface area contributed by atoms with Crippen LogP contribution in [0.5, 0.6) is 5.75 Å². The Morgan fingerprint density at radius 1 is 1.21 bits per heavy atom. The van der Waals surface area contributed by atoms with Gasteiger partial charge in [0.05, 0.1) is 41.5 Å². The number of nitrogens with zero attached hydrogens (tertiary/aromatic N) is 3. The summed E-state index contributed by atoms with van der Waals surface area (Å²) in [5, 5.41) is 0.458. The summed E-state index contributed by atoms with van der Waals surface area (Å²) in [4.78, 5) is 3.61. The van der Waals surface area contributed by atoms with Crippen LogP contribution in [-0.4, -0.2) is 76.3 Å². The molecule has 2 heterocycles. The van der Waals surface area contributed by atoms with Gasteiger partial charge in [0.15, 0.2) is 9.84 Å². The van der Waals surface area contributed by atoms with Crippen LogP contribution in [0.1, 0.15) is 12.1 Å². The van der Waals surface area contributed by atoms with Crippen LogP contribution in [-0.2, 0) is 16.4 Å². The van der Waals surface area contributed by atoms with Gasteiger partial charge in [-0.25, -0.2) is 12.8 Å². The summed E-state index contributed by atoms with van der Waals surface area (Å²) in [6.45, 7) is -0.461. The van der Waals surface area contributed by atoms with Crippen LogP contribution >= 0.6 is 0 Å². The number of anilines is 2. The van der Waals surface area contributed by atoms with Crippen molar-refractivity contribution in [2.24, 2.45) is 0 Å². The molecule has 0 unspecified atom stereocenters. The van der Waals surface area contributed by atoms with E-state index >= 15 is 4.39 Å². The highest BCUT2D eigenvalue weighted by molar-refractivity contribution is 7.90. The average Bonchev–Trinajstić information content (AvgIpc) is 3.18. The van der Waals surface area contributed by atoms with Crippen molar-refractivity contribution in [3.05, 3.63) is 48.2 Å². The van der Waals surface area contributed by atoms with Crippen LogP contribution in [0.4, 0.5) is 28.9 Å². The normalized spacial score (nSPS) is 18.5. The Balaban J connectivity index is 1.77. The Morgan fingerprint density at radius 2 is 1.95 bits per heavy atom. The summed E-state index contributed by atoms with van der Waals surface area (Å²) < 4.78 is 86.2. The Bertz CT molecular complexity index is 1530. The first-order valence-electron chi connectivity index (χ1n) is 12.2. The molecule has 2 atom stereocenters. The van der Waals surface area contributed by atoms with Crippen molar-refractivity contribution in [1.82, 2.24) is 9.47 Å². The zero-order chi connectivity index (χ0) is 28.5. The fourth-order valence-corrected chi connectivity index (χ4v) is 5.51. The van der Waals surface area contributed by atoms with E-state index in [0.29, 0.717) is 35.2 Å². The van der Waals surface area contributed by atoms with E-state index in [1.165, 1.54) is 25.3 Å². The highest BCUT2D eigenvalue weighted by Gasteiger charge is 2.34. The number of hydrogen-bond donors (Lipinski definition) is 1. The van der Waals surface area contributed by atoms with E-state index < -0.39 is 34.8 Å². The van der Waals surface area contributed by atoms with E-state index in [9.17, 15) is 21.6 Å². The average molecular weight is 567 g/mol. The number of halogens is 4. The van der Waals surface area contributed by atoms with Crippen molar-refractivity contribution in [1.29, 1.82) is 0 Å². The number of nitrogens with two attached hydrogens (primary N) is 1. The third-order valence-electron chi connectivity index (χ3n) is 6.78. The number of benzene rings is 2. The van der Waals surface area contributed by atoms with Gasteiger partial charge in [0.1, 0.15) is 18.5 Å². The molecule has 0 amide bonds. The van der Waals surface area contributed by atoms with Crippen molar-refractivity contribution in [3.63, 3.8) is 0 Å². The molecule has 0 radical (unpaired) electrons. The number of nitrogen functional groups attached to an aromatic ring is 1. The Kier molecular flexibility index (Phi) is 8.04. The highest BCUT2D eigenvalue weighted by atomic mass is 32.2. The van der Waals surface area contributed by atoms with Gasteiger partial charge in [-0.1, -0.05) is 12.0 Å². The smallest absolute Gasteiger partial charge is 0.406 e. The van der Waals surface area contributed by atoms with Gasteiger partial charge in [-0.3, -0.25) is 0 Å². The number of hydrogen-bond acceptors (Lipinski definition) is 6. The summed E-state index contributed by atoms with van der Waals surface area (Å²) in [6, 6.07) is 9.98. The molecule has 1 aliphatic heterocycles. The lowest BCUT2D eigenvalue weighted by Gasteiger charge is -2.40. The molecule has 1 fully saturated rings. The maximum atomic E-state index is 15.3. The third kappa shape index (κ3) is 6.42. The topological polar surface area (TPSA) is 80.8 Å². The molecule has 39 heavy (non-hydrogen) atoms. The van der Waals surface area contributed by atoms with E-state index in [2.05, 4.69) is 11.8 Å². The van der Waals surface area contributed by atoms with Crippen LogP contribution in [0.15, 0.2) is 47.4 Å².